The number of methoxy groups -OCH3 is 1. The van der Waals surface area contributed by atoms with Gasteiger partial charge in [0.05, 0.1) is 7.11 Å². The van der Waals surface area contributed by atoms with E-state index in [0.717, 1.165) is 32.0 Å². The van der Waals surface area contributed by atoms with Crippen LogP contribution in [0.2, 0.25) is 0 Å². The van der Waals surface area contributed by atoms with E-state index in [1.54, 1.807) is 19.2 Å². The lowest BCUT2D eigenvalue weighted by Gasteiger charge is -2.28. The van der Waals surface area contributed by atoms with Gasteiger partial charge in [-0.05, 0) is 24.3 Å². The van der Waals surface area contributed by atoms with Crippen LogP contribution in [0.1, 0.15) is 5.56 Å². The molecule has 5 nitrogen and oxygen atoms in total. The maximum atomic E-state index is 13.4. The van der Waals surface area contributed by atoms with Gasteiger partial charge in [0.25, 0.3) is 0 Å². The topological polar surface area (TPSA) is 46.6 Å². The van der Waals surface area contributed by atoms with Crippen LogP contribution in [0.4, 0.5) is 10.2 Å². The number of anilines is 1. The normalized spacial score (nSPS) is 14.6. The van der Waals surface area contributed by atoms with E-state index in [1.165, 1.54) is 12.1 Å². The quantitative estimate of drug-likeness (QED) is 0.916. The zero-order chi connectivity index (χ0) is 16.1. The summed E-state index contributed by atoms with van der Waals surface area (Å²) in [6, 6.07) is 10.1. The Morgan fingerprint density at radius 1 is 1.22 bits per heavy atom. The molecule has 2 heterocycles. The van der Waals surface area contributed by atoms with Crippen molar-refractivity contribution in [3.63, 3.8) is 0 Å². The van der Waals surface area contributed by atoms with Gasteiger partial charge >= 0.3 is 0 Å². The predicted molar refractivity (Wildman–Crippen MR) is 86.6 cm³/mol. The fourth-order valence-corrected chi connectivity index (χ4v) is 2.57. The Morgan fingerprint density at radius 2 is 2.04 bits per heavy atom. The van der Waals surface area contributed by atoms with E-state index in [1.807, 2.05) is 12.1 Å². The standard InChI is InChI=1S/C17H20FN3O2/c1-22-15-6-5-14(18)11-13(15)12-23-17-4-2-3-16(20-17)21-9-7-19-8-10-21/h2-6,11,19H,7-10,12H2,1H3. The first kappa shape index (κ1) is 15.6. The number of hydrogen-bond acceptors (Lipinski definition) is 5. The van der Waals surface area contributed by atoms with Crippen LogP contribution in [-0.4, -0.2) is 38.3 Å². The summed E-state index contributed by atoms with van der Waals surface area (Å²) in [4.78, 5) is 6.75. The molecule has 1 aromatic heterocycles. The number of pyridine rings is 1. The van der Waals surface area contributed by atoms with Crippen molar-refractivity contribution in [1.29, 1.82) is 0 Å². The lowest BCUT2D eigenvalue weighted by Crippen LogP contribution is -2.43. The highest BCUT2D eigenvalue weighted by Gasteiger charge is 2.12. The molecule has 3 rings (SSSR count). The first-order valence-electron chi connectivity index (χ1n) is 7.64. The summed E-state index contributed by atoms with van der Waals surface area (Å²) < 4.78 is 24.3. The molecule has 1 fully saturated rings. The summed E-state index contributed by atoms with van der Waals surface area (Å²) in [5.41, 5.74) is 0.655. The van der Waals surface area contributed by atoms with Crippen molar-refractivity contribution in [2.45, 2.75) is 6.61 Å². The molecule has 6 heteroatoms. The molecule has 0 bridgehead atoms. The zero-order valence-corrected chi connectivity index (χ0v) is 13.1. The van der Waals surface area contributed by atoms with E-state index in [4.69, 9.17) is 9.47 Å². The molecule has 0 amide bonds. The predicted octanol–water partition coefficient (Wildman–Crippen LogP) is 2.22. The number of halogens is 1. The number of benzene rings is 1. The van der Waals surface area contributed by atoms with Crippen LogP contribution in [0.5, 0.6) is 11.6 Å². The third kappa shape index (κ3) is 3.90. The van der Waals surface area contributed by atoms with Gasteiger partial charge in [0.2, 0.25) is 5.88 Å². The van der Waals surface area contributed by atoms with Gasteiger partial charge in [0.1, 0.15) is 24.0 Å². The smallest absolute Gasteiger partial charge is 0.215 e. The Kier molecular flexibility index (Phi) is 4.92. The van der Waals surface area contributed by atoms with E-state index >= 15 is 0 Å². The lowest BCUT2D eigenvalue weighted by atomic mass is 10.2. The van der Waals surface area contributed by atoms with Gasteiger partial charge in [0, 0.05) is 37.8 Å². The van der Waals surface area contributed by atoms with Crippen molar-refractivity contribution in [3.05, 3.63) is 47.8 Å². The SMILES string of the molecule is COc1ccc(F)cc1COc1cccc(N2CCNCC2)n1. The number of nitrogens with zero attached hydrogens (tertiary/aromatic N) is 2. The van der Waals surface area contributed by atoms with Crippen LogP contribution >= 0.6 is 0 Å². The summed E-state index contributed by atoms with van der Waals surface area (Å²) in [6.07, 6.45) is 0. The molecular formula is C17H20FN3O2. The van der Waals surface area contributed by atoms with Crippen molar-refractivity contribution in [2.75, 3.05) is 38.2 Å². The van der Waals surface area contributed by atoms with Crippen LogP contribution in [0.25, 0.3) is 0 Å². The maximum absolute atomic E-state index is 13.4. The van der Waals surface area contributed by atoms with Gasteiger partial charge in [-0.2, -0.15) is 4.98 Å². The summed E-state index contributed by atoms with van der Waals surface area (Å²) in [7, 11) is 1.56. The van der Waals surface area contributed by atoms with Crippen molar-refractivity contribution in [1.82, 2.24) is 10.3 Å². The molecule has 0 aliphatic carbocycles. The third-order valence-electron chi connectivity index (χ3n) is 3.77. The number of aromatic nitrogens is 1. The molecule has 0 unspecified atom stereocenters. The number of piperazine rings is 1. The second kappa shape index (κ2) is 7.28. The summed E-state index contributed by atoms with van der Waals surface area (Å²) in [6.45, 7) is 3.96. The Morgan fingerprint density at radius 3 is 2.83 bits per heavy atom. The second-order valence-electron chi connectivity index (χ2n) is 5.32. The Balaban J connectivity index is 1.70. The molecule has 0 atom stereocenters. The van der Waals surface area contributed by atoms with Crippen molar-refractivity contribution in [2.24, 2.45) is 0 Å². The first-order valence-corrected chi connectivity index (χ1v) is 7.64. The van der Waals surface area contributed by atoms with Gasteiger partial charge in [-0.3, -0.25) is 0 Å². The average Bonchev–Trinajstić information content (AvgIpc) is 2.61. The van der Waals surface area contributed by atoms with E-state index in [2.05, 4.69) is 15.2 Å². The van der Waals surface area contributed by atoms with Gasteiger partial charge < -0.3 is 19.7 Å². The summed E-state index contributed by atoms with van der Waals surface area (Å²) in [5.74, 6) is 1.71. The second-order valence-corrected chi connectivity index (χ2v) is 5.32. The number of hydrogen-bond donors (Lipinski definition) is 1. The Bertz CT molecular complexity index is 660. The van der Waals surface area contributed by atoms with E-state index in [-0.39, 0.29) is 12.4 Å². The molecule has 1 N–H and O–H groups in total. The lowest BCUT2D eigenvalue weighted by molar-refractivity contribution is 0.285. The van der Waals surface area contributed by atoms with Crippen LogP contribution in [0.15, 0.2) is 36.4 Å². The van der Waals surface area contributed by atoms with Crippen molar-refractivity contribution < 1.29 is 13.9 Å². The molecule has 1 aromatic carbocycles. The Labute approximate surface area is 135 Å². The molecule has 122 valence electrons. The summed E-state index contributed by atoms with van der Waals surface area (Å²) in [5, 5.41) is 3.31. The number of ether oxygens (including phenoxy) is 2. The third-order valence-corrected chi connectivity index (χ3v) is 3.77. The molecule has 23 heavy (non-hydrogen) atoms. The van der Waals surface area contributed by atoms with Gasteiger partial charge in [-0.1, -0.05) is 6.07 Å². The maximum Gasteiger partial charge on any atom is 0.215 e. The molecule has 1 aliphatic rings. The molecule has 0 spiro atoms. The largest absolute Gasteiger partial charge is 0.496 e. The average molecular weight is 317 g/mol. The minimum Gasteiger partial charge on any atom is -0.496 e. The van der Waals surface area contributed by atoms with Crippen molar-refractivity contribution >= 4 is 5.82 Å². The minimum atomic E-state index is -0.313. The molecule has 0 saturated carbocycles. The van der Waals surface area contributed by atoms with E-state index in [0.29, 0.717) is 17.2 Å². The van der Waals surface area contributed by atoms with Gasteiger partial charge in [-0.15, -0.1) is 0 Å². The Hall–Kier alpha value is -2.34. The van der Waals surface area contributed by atoms with Crippen molar-refractivity contribution in [3.8, 4) is 11.6 Å². The van der Waals surface area contributed by atoms with Crippen LogP contribution in [0, 0.1) is 5.82 Å². The molecular weight excluding hydrogens is 297 g/mol. The first-order chi connectivity index (χ1) is 11.3. The fourth-order valence-electron chi connectivity index (χ4n) is 2.57. The summed E-state index contributed by atoms with van der Waals surface area (Å²) >= 11 is 0. The highest BCUT2D eigenvalue weighted by Crippen LogP contribution is 2.22. The number of rotatable bonds is 5. The van der Waals surface area contributed by atoms with E-state index in [9.17, 15) is 4.39 Å². The zero-order valence-electron chi connectivity index (χ0n) is 13.1. The monoisotopic (exact) mass is 317 g/mol. The highest BCUT2D eigenvalue weighted by molar-refractivity contribution is 5.41. The molecule has 2 aromatic rings. The fraction of sp³-hybridized carbons (Fsp3) is 0.353. The van der Waals surface area contributed by atoms with Gasteiger partial charge in [-0.25, -0.2) is 4.39 Å². The van der Waals surface area contributed by atoms with Gasteiger partial charge in [0.15, 0.2) is 0 Å². The van der Waals surface area contributed by atoms with Crippen LogP contribution in [0.3, 0.4) is 0 Å². The molecule has 1 aliphatic heterocycles. The van der Waals surface area contributed by atoms with Crippen LogP contribution in [-0.2, 0) is 6.61 Å². The number of nitrogens with one attached hydrogen (secondary N) is 1. The van der Waals surface area contributed by atoms with E-state index < -0.39 is 0 Å². The molecule has 0 radical (unpaired) electrons. The van der Waals surface area contributed by atoms with Crippen LogP contribution < -0.4 is 19.7 Å². The minimum absolute atomic E-state index is 0.207. The molecule has 1 saturated heterocycles. The highest BCUT2D eigenvalue weighted by atomic mass is 19.1.